The fourth-order valence-electron chi connectivity index (χ4n) is 3.28. The van der Waals surface area contributed by atoms with Crippen molar-refractivity contribution in [1.82, 2.24) is 0 Å². The highest BCUT2D eigenvalue weighted by Gasteiger charge is 2.36. The average Bonchev–Trinajstić information content (AvgIpc) is 2.43. The van der Waals surface area contributed by atoms with Crippen LogP contribution in [0.5, 0.6) is 0 Å². The van der Waals surface area contributed by atoms with Crippen LogP contribution >= 0.6 is 0 Å². The monoisotopic (exact) mass is 422 g/mol. The fraction of sp³-hybridized carbons (Fsp3) is 0.900. The van der Waals surface area contributed by atoms with E-state index in [1.807, 2.05) is 34.6 Å². The Kier molecular flexibility index (Phi) is 10.1. The second-order valence-corrected chi connectivity index (χ2v) is 11.9. The first-order valence-corrected chi connectivity index (χ1v) is 11.2. The largest absolute Gasteiger partial charge is 0.465 e. The fourth-order valence-corrected chi connectivity index (χ4v) is 3.94. The van der Waals surface area contributed by atoms with Crippen molar-refractivity contribution in [2.45, 2.75) is 79.9 Å². The van der Waals surface area contributed by atoms with E-state index in [4.69, 9.17) is 9.47 Å². The number of hydrogen-bond donors (Lipinski definition) is 1. The lowest BCUT2D eigenvalue weighted by Gasteiger charge is -2.24. The van der Waals surface area contributed by atoms with Gasteiger partial charge >= 0.3 is 11.9 Å². The topological polar surface area (TPSA) is 107 Å². The molecule has 8 heteroatoms. The summed E-state index contributed by atoms with van der Waals surface area (Å²) < 4.78 is 42.6. The zero-order valence-corrected chi connectivity index (χ0v) is 19.4. The molecule has 3 atom stereocenters. The normalized spacial score (nSPS) is 16.2. The van der Waals surface area contributed by atoms with Crippen LogP contribution in [0.4, 0.5) is 0 Å². The number of rotatable bonds is 10. The van der Waals surface area contributed by atoms with Gasteiger partial charge in [0.2, 0.25) is 0 Å². The van der Waals surface area contributed by atoms with E-state index in [0.717, 1.165) is 12.8 Å². The summed E-state index contributed by atoms with van der Waals surface area (Å²) in [6.45, 7) is 16.3. The predicted molar refractivity (Wildman–Crippen MR) is 108 cm³/mol. The Labute approximate surface area is 170 Å². The standard InChI is InChI=1S/C20H38O7S/c1-14(10-19(3,4)5)12-26-17(21)9-16(28(23,24)25)18(22)27-13-15(2)11-20(6,7)8/h14-16H,9-13H2,1-8H3,(H,23,24,25). The van der Waals surface area contributed by atoms with E-state index in [-0.39, 0.29) is 35.9 Å². The maximum Gasteiger partial charge on any atom is 0.327 e. The third-order valence-electron chi connectivity index (χ3n) is 3.94. The summed E-state index contributed by atoms with van der Waals surface area (Å²) in [5.74, 6) is -1.90. The van der Waals surface area contributed by atoms with Crippen molar-refractivity contribution in [3.63, 3.8) is 0 Å². The van der Waals surface area contributed by atoms with E-state index in [0.29, 0.717) is 0 Å². The van der Waals surface area contributed by atoms with Gasteiger partial charge in [0.15, 0.2) is 5.25 Å². The van der Waals surface area contributed by atoms with Crippen LogP contribution in [0.3, 0.4) is 0 Å². The molecule has 3 unspecified atom stereocenters. The minimum atomic E-state index is -4.78. The molecular weight excluding hydrogens is 384 g/mol. The second kappa shape index (κ2) is 10.6. The van der Waals surface area contributed by atoms with E-state index in [2.05, 4.69) is 20.8 Å². The molecule has 0 aliphatic rings. The van der Waals surface area contributed by atoms with Gasteiger partial charge in [-0.2, -0.15) is 8.42 Å². The molecular formula is C20H38O7S. The van der Waals surface area contributed by atoms with E-state index in [1.54, 1.807) is 0 Å². The molecule has 7 nitrogen and oxygen atoms in total. The van der Waals surface area contributed by atoms with Crippen molar-refractivity contribution in [2.24, 2.45) is 22.7 Å². The Balaban J connectivity index is 4.75. The van der Waals surface area contributed by atoms with Gasteiger partial charge in [-0.25, -0.2) is 0 Å². The van der Waals surface area contributed by atoms with Crippen molar-refractivity contribution in [3.8, 4) is 0 Å². The molecule has 0 bridgehead atoms. The lowest BCUT2D eigenvalue weighted by molar-refractivity contribution is -0.151. The maximum atomic E-state index is 12.2. The third-order valence-corrected chi connectivity index (χ3v) is 5.01. The number of esters is 2. The minimum Gasteiger partial charge on any atom is -0.465 e. The molecule has 0 heterocycles. The van der Waals surface area contributed by atoms with Crippen LogP contribution in [-0.2, 0) is 29.2 Å². The first kappa shape index (κ1) is 26.9. The van der Waals surface area contributed by atoms with E-state index in [1.165, 1.54) is 0 Å². The zero-order valence-electron chi connectivity index (χ0n) is 18.6. The molecule has 166 valence electrons. The highest BCUT2D eigenvalue weighted by atomic mass is 32.2. The molecule has 0 aromatic heterocycles. The Bertz CT molecular complexity index is 611. The summed E-state index contributed by atoms with van der Waals surface area (Å²) in [5, 5.41) is -1.97. The van der Waals surface area contributed by atoms with Gasteiger partial charge in [0.25, 0.3) is 10.1 Å². The van der Waals surface area contributed by atoms with Gasteiger partial charge in [0, 0.05) is 0 Å². The van der Waals surface area contributed by atoms with E-state index >= 15 is 0 Å². The minimum absolute atomic E-state index is 0.0104. The maximum absolute atomic E-state index is 12.2. The van der Waals surface area contributed by atoms with Crippen LogP contribution in [0.25, 0.3) is 0 Å². The lowest BCUT2D eigenvalue weighted by Crippen LogP contribution is -2.35. The number of hydrogen-bond acceptors (Lipinski definition) is 6. The van der Waals surface area contributed by atoms with Crippen LogP contribution in [0.2, 0.25) is 0 Å². The molecule has 28 heavy (non-hydrogen) atoms. The van der Waals surface area contributed by atoms with Crippen LogP contribution in [0, 0.1) is 22.7 Å². The van der Waals surface area contributed by atoms with Crippen LogP contribution < -0.4 is 0 Å². The molecule has 0 radical (unpaired) electrons. The highest BCUT2D eigenvalue weighted by Crippen LogP contribution is 2.25. The smallest absolute Gasteiger partial charge is 0.327 e. The summed E-state index contributed by atoms with van der Waals surface area (Å²) in [7, 11) is -4.78. The number of carbonyl (C=O) groups is 2. The molecule has 0 fully saturated rings. The first-order chi connectivity index (χ1) is 12.4. The van der Waals surface area contributed by atoms with Gasteiger partial charge in [-0.3, -0.25) is 14.1 Å². The summed E-state index contributed by atoms with van der Waals surface area (Å²) in [6.07, 6.45) is 0.813. The van der Waals surface area contributed by atoms with Gasteiger partial charge < -0.3 is 9.47 Å². The Morgan fingerprint density at radius 1 is 0.857 bits per heavy atom. The molecule has 0 aromatic carbocycles. The Morgan fingerprint density at radius 3 is 1.61 bits per heavy atom. The number of carbonyl (C=O) groups excluding carboxylic acids is 2. The van der Waals surface area contributed by atoms with Crippen molar-refractivity contribution >= 4 is 22.1 Å². The van der Waals surface area contributed by atoms with E-state index < -0.39 is 33.7 Å². The molecule has 1 N–H and O–H groups in total. The number of ether oxygens (including phenoxy) is 2. The quantitative estimate of drug-likeness (QED) is 0.421. The lowest BCUT2D eigenvalue weighted by atomic mass is 9.86. The Hall–Kier alpha value is -1.15. The average molecular weight is 423 g/mol. The molecule has 0 saturated carbocycles. The molecule has 0 amide bonds. The van der Waals surface area contributed by atoms with Gasteiger partial charge in [0.1, 0.15) is 0 Å². The van der Waals surface area contributed by atoms with Gasteiger partial charge in [-0.05, 0) is 35.5 Å². The van der Waals surface area contributed by atoms with Gasteiger partial charge in [0.05, 0.1) is 19.6 Å². The second-order valence-electron chi connectivity index (χ2n) is 10.3. The van der Waals surface area contributed by atoms with Gasteiger partial charge in [-0.15, -0.1) is 0 Å². The van der Waals surface area contributed by atoms with Crippen LogP contribution in [0.15, 0.2) is 0 Å². The molecule has 0 rings (SSSR count). The summed E-state index contributed by atoms with van der Waals surface area (Å²) in [4.78, 5) is 24.1. The summed E-state index contributed by atoms with van der Waals surface area (Å²) in [6, 6.07) is 0. The van der Waals surface area contributed by atoms with Crippen molar-refractivity contribution in [2.75, 3.05) is 13.2 Å². The van der Waals surface area contributed by atoms with Crippen LogP contribution in [-0.4, -0.2) is 43.4 Å². The molecule has 0 spiro atoms. The van der Waals surface area contributed by atoms with Crippen molar-refractivity contribution in [3.05, 3.63) is 0 Å². The van der Waals surface area contributed by atoms with E-state index in [9.17, 15) is 22.6 Å². The highest BCUT2D eigenvalue weighted by molar-refractivity contribution is 7.87. The third kappa shape index (κ3) is 13.1. The molecule has 0 saturated heterocycles. The SMILES string of the molecule is CC(COC(=O)CC(C(=O)OCC(C)CC(C)(C)C)S(=O)(=O)O)CC(C)(C)C. The predicted octanol–water partition coefficient (Wildman–Crippen LogP) is 3.86. The first-order valence-electron chi connectivity index (χ1n) is 9.69. The van der Waals surface area contributed by atoms with Crippen molar-refractivity contribution in [1.29, 1.82) is 0 Å². The summed E-state index contributed by atoms with van der Waals surface area (Å²) >= 11 is 0. The van der Waals surface area contributed by atoms with Crippen LogP contribution in [0.1, 0.15) is 74.7 Å². The molecule has 0 aromatic rings. The summed E-state index contributed by atoms with van der Waals surface area (Å²) in [5.41, 5.74) is 0.0954. The zero-order chi connectivity index (χ0) is 22.3. The van der Waals surface area contributed by atoms with Crippen molar-refractivity contribution < 1.29 is 32.0 Å². The van der Waals surface area contributed by atoms with Gasteiger partial charge in [-0.1, -0.05) is 55.4 Å². The Morgan fingerprint density at radius 2 is 1.25 bits per heavy atom. The molecule has 0 aliphatic heterocycles. The molecule has 0 aliphatic carbocycles.